The molecule has 5 rings (SSSR count). The van der Waals surface area contributed by atoms with Crippen molar-refractivity contribution in [3.8, 4) is 11.1 Å². The number of amides is 1. The normalized spacial score (nSPS) is 16.8. The number of nitrogens with zero attached hydrogens (tertiary/aromatic N) is 3. The van der Waals surface area contributed by atoms with Gasteiger partial charge in [-0.05, 0) is 70.5 Å². The average Bonchev–Trinajstić information content (AvgIpc) is 3.34. The van der Waals surface area contributed by atoms with Gasteiger partial charge in [-0.25, -0.2) is 4.63 Å². The first-order valence-electron chi connectivity index (χ1n) is 11.1. The van der Waals surface area contributed by atoms with Crippen LogP contribution >= 0.6 is 0 Å². The lowest BCUT2D eigenvalue weighted by atomic mass is 9.97. The Morgan fingerprint density at radius 2 is 1.78 bits per heavy atom. The van der Waals surface area contributed by atoms with E-state index in [2.05, 4.69) is 38.7 Å². The molecule has 1 aliphatic heterocycles. The highest BCUT2D eigenvalue weighted by molar-refractivity contribution is 5.94. The lowest BCUT2D eigenvalue weighted by molar-refractivity contribution is 0.0930. The molecule has 1 N–H and O–H groups in total. The van der Waals surface area contributed by atoms with Crippen molar-refractivity contribution in [2.75, 3.05) is 19.6 Å². The predicted molar refractivity (Wildman–Crippen MR) is 124 cm³/mol. The van der Waals surface area contributed by atoms with Crippen LogP contribution in [0, 0.1) is 5.92 Å². The second-order valence-corrected chi connectivity index (χ2v) is 8.45. The van der Waals surface area contributed by atoms with Crippen molar-refractivity contribution >= 4 is 16.9 Å². The molecular formula is C26H26N4O2. The molecule has 1 atom stereocenters. The fourth-order valence-corrected chi connectivity index (χ4v) is 4.48. The molecule has 6 heteroatoms. The summed E-state index contributed by atoms with van der Waals surface area (Å²) in [7, 11) is 0. The minimum Gasteiger partial charge on any atom is -0.352 e. The topological polar surface area (TPSA) is 71.3 Å². The van der Waals surface area contributed by atoms with Crippen molar-refractivity contribution < 1.29 is 9.42 Å². The number of piperidine rings is 1. The van der Waals surface area contributed by atoms with Gasteiger partial charge in [0.05, 0.1) is 0 Å². The fourth-order valence-electron chi connectivity index (χ4n) is 4.48. The molecule has 162 valence electrons. The molecule has 0 saturated carbocycles. The molecular weight excluding hydrogens is 400 g/mol. The van der Waals surface area contributed by atoms with Crippen molar-refractivity contribution in [3.05, 3.63) is 83.9 Å². The monoisotopic (exact) mass is 426 g/mol. The maximum absolute atomic E-state index is 12.7. The lowest BCUT2D eigenvalue weighted by Crippen LogP contribution is -2.40. The number of benzene rings is 3. The van der Waals surface area contributed by atoms with Crippen LogP contribution in [-0.2, 0) is 6.54 Å². The van der Waals surface area contributed by atoms with Gasteiger partial charge in [-0.3, -0.25) is 9.69 Å². The van der Waals surface area contributed by atoms with E-state index in [-0.39, 0.29) is 5.91 Å². The zero-order valence-corrected chi connectivity index (χ0v) is 17.9. The Morgan fingerprint density at radius 1 is 0.969 bits per heavy atom. The standard InChI is InChI=1S/C26H26N4O2/c31-26(22-13-11-21(12-14-22)20-7-2-1-3-8-20)27-16-19-6-5-15-30(17-19)18-23-9-4-10-24-25(23)29-32-28-24/h1-4,7-14,19H,5-6,15-18H2,(H,27,31). The second kappa shape index (κ2) is 9.32. The van der Waals surface area contributed by atoms with Gasteiger partial charge in [0.25, 0.3) is 5.91 Å². The van der Waals surface area contributed by atoms with Gasteiger partial charge in [0.1, 0.15) is 11.0 Å². The Morgan fingerprint density at radius 3 is 2.62 bits per heavy atom. The van der Waals surface area contributed by atoms with Crippen LogP contribution < -0.4 is 5.32 Å². The third-order valence-electron chi connectivity index (χ3n) is 6.17. The first-order valence-corrected chi connectivity index (χ1v) is 11.1. The average molecular weight is 427 g/mol. The highest BCUT2D eigenvalue weighted by Crippen LogP contribution is 2.22. The Balaban J connectivity index is 1.16. The highest BCUT2D eigenvalue weighted by Gasteiger charge is 2.22. The van der Waals surface area contributed by atoms with Crippen LogP contribution in [0.1, 0.15) is 28.8 Å². The SMILES string of the molecule is O=C(NCC1CCCN(Cc2cccc3nonc23)C1)c1ccc(-c2ccccc2)cc1. The van der Waals surface area contributed by atoms with Crippen molar-refractivity contribution in [1.82, 2.24) is 20.5 Å². The Hall–Kier alpha value is -3.51. The summed E-state index contributed by atoms with van der Waals surface area (Å²) in [6.45, 7) is 3.50. The molecule has 32 heavy (non-hydrogen) atoms. The molecule has 1 fully saturated rings. The maximum Gasteiger partial charge on any atom is 0.251 e. The van der Waals surface area contributed by atoms with Gasteiger partial charge >= 0.3 is 0 Å². The van der Waals surface area contributed by atoms with E-state index in [4.69, 9.17) is 4.63 Å². The van der Waals surface area contributed by atoms with Crippen LogP contribution in [0.15, 0.2) is 77.4 Å². The summed E-state index contributed by atoms with van der Waals surface area (Å²) < 4.78 is 4.89. The van der Waals surface area contributed by atoms with E-state index >= 15 is 0 Å². The van der Waals surface area contributed by atoms with Gasteiger partial charge in [0.2, 0.25) is 0 Å². The lowest BCUT2D eigenvalue weighted by Gasteiger charge is -2.32. The number of likely N-dealkylation sites (tertiary alicyclic amines) is 1. The van der Waals surface area contributed by atoms with Gasteiger partial charge in [0.15, 0.2) is 0 Å². The first-order chi connectivity index (χ1) is 15.8. The summed E-state index contributed by atoms with van der Waals surface area (Å²) in [5, 5.41) is 11.1. The van der Waals surface area contributed by atoms with E-state index in [0.717, 1.165) is 60.2 Å². The van der Waals surface area contributed by atoms with Gasteiger partial charge in [0, 0.05) is 25.2 Å². The molecule has 4 aromatic rings. The molecule has 0 aliphatic carbocycles. The van der Waals surface area contributed by atoms with E-state index in [1.54, 1.807) is 0 Å². The minimum atomic E-state index is -0.0137. The Kier molecular flexibility index (Phi) is 5.94. The quantitative estimate of drug-likeness (QED) is 0.490. The molecule has 2 heterocycles. The van der Waals surface area contributed by atoms with Crippen LogP contribution in [-0.4, -0.2) is 40.8 Å². The molecule has 0 radical (unpaired) electrons. The van der Waals surface area contributed by atoms with E-state index in [9.17, 15) is 4.79 Å². The molecule has 6 nitrogen and oxygen atoms in total. The molecule has 0 bridgehead atoms. The van der Waals surface area contributed by atoms with E-state index in [0.29, 0.717) is 18.0 Å². The summed E-state index contributed by atoms with van der Waals surface area (Å²) in [6.07, 6.45) is 2.25. The van der Waals surface area contributed by atoms with Crippen LogP contribution in [0.2, 0.25) is 0 Å². The van der Waals surface area contributed by atoms with Gasteiger partial charge in [-0.2, -0.15) is 0 Å². The summed E-state index contributed by atoms with van der Waals surface area (Å²) in [5.41, 5.74) is 5.72. The first kappa shape index (κ1) is 20.4. The number of hydrogen-bond acceptors (Lipinski definition) is 5. The van der Waals surface area contributed by atoms with Crippen LogP contribution in [0.3, 0.4) is 0 Å². The summed E-state index contributed by atoms with van der Waals surface area (Å²) in [6, 6.07) is 24.0. The van der Waals surface area contributed by atoms with Crippen molar-refractivity contribution in [1.29, 1.82) is 0 Å². The number of aromatic nitrogens is 2. The molecule has 0 spiro atoms. The summed E-state index contributed by atoms with van der Waals surface area (Å²) in [4.78, 5) is 15.1. The second-order valence-electron chi connectivity index (χ2n) is 8.45. The highest BCUT2D eigenvalue weighted by atomic mass is 16.6. The summed E-state index contributed by atoms with van der Waals surface area (Å²) in [5.74, 6) is 0.422. The minimum absolute atomic E-state index is 0.0137. The van der Waals surface area contributed by atoms with E-state index in [1.807, 2.05) is 54.6 Å². The third kappa shape index (κ3) is 4.55. The zero-order valence-electron chi connectivity index (χ0n) is 17.9. The molecule has 1 unspecified atom stereocenters. The fraction of sp³-hybridized carbons (Fsp3) is 0.269. The van der Waals surface area contributed by atoms with Crippen molar-refractivity contribution in [2.45, 2.75) is 19.4 Å². The number of carbonyl (C=O) groups is 1. The van der Waals surface area contributed by atoms with E-state index in [1.165, 1.54) is 0 Å². The molecule has 1 aromatic heterocycles. The van der Waals surface area contributed by atoms with Crippen LogP contribution in [0.25, 0.3) is 22.2 Å². The smallest absolute Gasteiger partial charge is 0.251 e. The number of nitrogens with one attached hydrogen (secondary N) is 1. The molecule has 1 saturated heterocycles. The van der Waals surface area contributed by atoms with Crippen molar-refractivity contribution in [3.63, 3.8) is 0 Å². The predicted octanol–water partition coefficient (Wildman–Crippen LogP) is 4.53. The third-order valence-corrected chi connectivity index (χ3v) is 6.17. The summed E-state index contributed by atoms with van der Waals surface area (Å²) >= 11 is 0. The van der Waals surface area contributed by atoms with Gasteiger partial charge in [-0.15, -0.1) is 0 Å². The largest absolute Gasteiger partial charge is 0.352 e. The number of rotatable bonds is 6. The number of fused-ring (bicyclic) bond motifs is 1. The number of hydrogen-bond donors (Lipinski definition) is 1. The zero-order chi connectivity index (χ0) is 21.8. The van der Waals surface area contributed by atoms with Gasteiger partial charge < -0.3 is 5.32 Å². The molecule has 3 aromatic carbocycles. The number of carbonyl (C=O) groups excluding carboxylic acids is 1. The molecule has 1 aliphatic rings. The van der Waals surface area contributed by atoms with Crippen LogP contribution in [0.5, 0.6) is 0 Å². The Bertz CT molecular complexity index is 1190. The maximum atomic E-state index is 12.7. The molecule has 1 amide bonds. The van der Waals surface area contributed by atoms with Crippen LogP contribution in [0.4, 0.5) is 0 Å². The van der Waals surface area contributed by atoms with Crippen molar-refractivity contribution in [2.24, 2.45) is 5.92 Å². The Labute approximate surface area is 187 Å². The van der Waals surface area contributed by atoms with E-state index < -0.39 is 0 Å². The van der Waals surface area contributed by atoms with Gasteiger partial charge in [-0.1, -0.05) is 54.6 Å².